The van der Waals surface area contributed by atoms with Gasteiger partial charge >= 0.3 is 0 Å². The van der Waals surface area contributed by atoms with Crippen molar-refractivity contribution in [2.45, 2.75) is 44.5 Å². The fourth-order valence-corrected chi connectivity index (χ4v) is 2.19. The highest BCUT2D eigenvalue weighted by Crippen LogP contribution is 2.27. The Kier molecular flexibility index (Phi) is 4.00. The lowest BCUT2D eigenvalue weighted by molar-refractivity contribution is 0.102. The first-order valence-electron chi connectivity index (χ1n) is 6.38. The van der Waals surface area contributed by atoms with E-state index in [1.807, 2.05) is 24.3 Å². The van der Waals surface area contributed by atoms with Crippen LogP contribution in [-0.4, -0.2) is 22.4 Å². The second kappa shape index (κ2) is 5.35. The topological polar surface area (TPSA) is 26.3 Å². The molecule has 0 atom stereocenters. The second-order valence-electron chi connectivity index (χ2n) is 5.67. The van der Waals surface area contributed by atoms with E-state index in [4.69, 9.17) is 4.74 Å². The predicted octanol–water partition coefficient (Wildman–Crippen LogP) is 3.94. The zero-order chi connectivity index (χ0) is 13.2. The van der Waals surface area contributed by atoms with Crippen LogP contribution in [0.15, 0.2) is 24.3 Å². The summed E-state index contributed by atoms with van der Waals surface area (Å²) in [4.78, 5) is 12.0. The molecule has 0 unspecified atom stereocenters. The van der Waals surface area contributed by atoms with Crippen LogP contribution in [0.25, 0.3) is 0 Å². The summed E-state index contributed by atoms with van der Waals surface area (Å²) in [7, 11) is 0. The molecule has 2 rings (SSSR count). The largest absolute Gasteiger partial charge is 0.490 e. The van der Waals surface area contributed by atoms with E-state index in [-0.39, 0.29) is 10.5 Å². The summed E-state index contributed by atoms with van der Waals surface area (Å²) < 4.78 is 5.79. The number of hydrogen-bond donors (Lipinski definition) is 0. The maximum absolute atomic E-state index is 12.0. The summed E-state index contributed by atoms with van der Waals surface area (Å²) in [5.41, 5.74) is 0.773. The number of Topliss-reactive ketones (excluding diaryl/α,β-unsaturated/α-hetero) is 1. The van der Waals surface area contributed by atoms with E-state index < -0.39 is 0 Å². The number of carbonyl (C=O) groups excluding carboxylic acids is 1. The van der Waals surface area contributed by atoms with E-state index in [1.54, 1.807) is 11.8 Å². The smallest absolute Gasteiger partial charge is 0.172 e. The molecule has 0 bridgehead atoms. The molecule has 18 heavy (non-hydrogen) atoms. The van der Waals surface area contributed by atoms with Crippen LogP contribution in [0.2, 0.25) is 0 Å². The Balaban J connectivity index is 1.89. The van der Waals surface area contributed by atoms with E-state index in [0.717, 1.165) is 24.2 Å². The number of ether oxygens (including phenoxy) is 1. The molecule has 0 saturated heterocycles. The SMILES string of the molecule is CC(C)(C)SCC(=O)c1ccc(OC2CC2)cc1. The lowest BCUT2D eigenvalue weighted by Crippen LogP contribution is -2.13. The van der Waals surface area contributed by atoms with Crippen molar-refractivity contribution in [2.75, 3.05) is 5.75 Å². The predicted molar refractivity (Wildman–Crippen MR) is 76.6 cm³/mol. The van der Waals surface area contributed by atoms with Gasteiger partial charge in [0.05, 0.1) is 11.9 Å². The third kappa shape index (κ3) is 4.37. The molecule has 1 saturated carbocycles. The summed E-state index contributed by atoms with van der Waals surface area (Å²) in [5.74, 6) is 1.59. The van der Waals surface area contributed by atoms with Crippen molar-refractivity contribution >= 4 is 17.5 Å². The zero-order valence-corrected chi connectivity index (χ0v) is 12.0. The summed E-state index contributed by atoms with van der Waals surface area (Å²) in [5, 5.41) is 0. The fraction of sp³-hybridized carbons (Fsp3) is 0.533. The Morgan fingerprint density at radius 1 is 1.28 bits per heavy atom. The number of hydrogen-bond acceptors (Lipinski definition) is 3. The number of benzene rings is 1. The molecule has 1 aromatic rings. The highest BCUT2D eigenvalue weighted by molar-refractivity contribution is 8.01. The van der Waals surface area contributed by atoms with Crippen molar-refractivity contribution in [1.82, 2.24) is 0 Å². The minimum atomic E-state index is 0.130. The fourth-order valence-electron chi connectivity index (χ4n) is 1.46. The van der Waals surface area contributed by atoms with Gasteiger partial charge in [0.15, 0.2) is 5.78 Å². The molecular weight excluding hydrogens is 244 g/mol. The first-order chi connectivity index (χ1) is 8.44. The number of rotatable bonds is 5. The van der Waals surface area contributed by atoms with Gasteiger partial charge in [0, 0.05) is 10.3 Å². The van der Waals surface area contributed by atoms with Crippen LogP contribution in [0.3, 0.4) is 0 Å². The molecule has 1 fully saturated rings. The van der Waals surface area contributed by atoms with Crippen LogP contribution in [0, 0.1) is 0 Å². The first kappa shape index (κ1) is 13.5. The number of ketones is 1. The van der Waals surface area contributed by atoms with E-state index >= 15 is 0 Å². The number of thioether (sulfide) groups is 1. The van der Waals surface area contributed by atoms with Crippen molar-refractivity contribution in [3.63, 3.8) is 0 Å². The first-order valence-corrected chi connectivity index (χ1v) is 7.36. The number of carbonyl (C=O) groups is 1. The Labute approximate surface area is 113 Å². The zero-order valence-electron chi connectivity index (χ0n) is 11.2. The minimum absolute atomic E-state index is 0.130. The molecule has 0 amide bonds. The van der Waals surface area contributed by atoms with Gasteiger partial charge in [-0.3, -0.25) is 4.79 Å². The van der Waals surface area contributed by atoms with Gasteiger partial charge < -0.3 is 4.74 Å². The molecule has 0 radical (unpaired) electrons. The Bertz CT molecular complexity index is 413. The molecule has 3 heteroatoms. The van der Waals surface area contributed by atoms with E-state index in [2.05, 4.69) is 20.8 Å². The van der Waals surface area contributed by atoms with Gasteiger partial charge in [-0.25, -0.2) is 0 Å². The highest BCUT2D eigenvalue weighted by atomic mass is 32.2. The van der Waals surface area contributed by atoms with Gasteiger partial charge in [-0.05, 0) is 37.1 Å². The molecule has 1 aliphatic carbocycles. The summed E-state index contributed by atoms with van der Waals surface area (Å²) in [6.07, 6.45) is 2.72. The van der Waals surface area contributed by atoms with Gasteiger partial charge in [0.2, 0.25) is 0 Å². The molecule has 0 aromatic heterocycles. The van der Waals surface area contributed by atoms with Crippen LogP contribution in [0.1, 0.15) is 44.0 Å². The quantitative estimate of drug-likeness (QED) is 0.753. The summed E-state index contributed by atoms with van der Waals surface area (Å²) in [6, 6.07) is 7.52. The molecule has 0 aliphatic heterocycles. The average molecular weight is 264 g/mol. The van der Waals surface area contributed by atoms with Crippen LogP contribution in [0.4, 0.5) is 0 Å². The molecule has 2 nitrogen and oxygen atoms in total. The normalized spacial score (nSPS) is 15.5. The van der Waals surface area contributed by atoms with Crippen molar-refractivity contribution in [3.05, 3.63) is 29.8 Å². The Morgan fingerprint density at radius 2 is 1.89 bits per heavy atom. The Hall–Kier alpha value is -0.960. The molecule has 1 aliphatic rings. The molecule has 98 valence electrons. The Morgan fingerprint density at radius 3 is 2.39 bits per heavy atom. The van der Waals surface area contributed by atoms with Crippen LogP contribution in [0.5, 0.6) is 5.75 Å². The van der Waals surface area contributed by atoms with Crippen LogP contribution < -0.4 is 4.74 Å². The monoisotopic (exact) mass is 264 g/mol. The van der Waals surface area contributed by atoms with Crippen LogP contribution in [-0.2, 0) is 0 Å². The van der Waals surface area contributed by atoms with Gasteiger partial charge in [0.25, 0.3) is 0 Å². The standard InChI is InChI=1S/C15H20O2S/c1-15(2,3)18-10-14(16)11-4-6-12(7-5-11)17-13-8-9-13/h4-7,13H,8-10H2,1-3H3. The summed E-state index contributed by atoms with van der Waals surface area (Å²) >= 11 is 1.68. The van der Waals surface area contributed by atoms with Crippen molar-refractivity contribution in [3.8, 4) is 5.75 Å². The lowest BCUT2D eigenvalue weighted by Gasteiger charge is -2.16. The van der Waals surface area contributed by atoms with Gasteiger partial charge in [-0.15, -0.1) is 11.8 Å². The lowest BCUT2D eigenvalue weighted by atomic mass is 10.1. The van der Waals surface area contributed by atoms with E-state index in [0.29, 0.717) is 11.9 Å². The molecule has 0 heterocycles. The third-order valence-electron chi connectivity index (χ3n) is 2.64. The van der Waals surface area contributed by atoms with E-state index in [9.17, 15) is 4.79 Å². The van der Waals surface area contributed by atoms with Crippen LogP contribution >= 0.6 is 11.8 Å². The highest BCUT2D eigenvalue weighted by Gasteiger charge is 2.23. The van der Waals surface area contributed by atoms with Gasteiger partial charge in [-0.2, -0.15) is 0 Å². The average Bonchev–Trinajstić information content (AvgIpc) is 3.10. The molecule has 1 aromatic carbocycles. The second-order valence-corrected chi connectivity index (χ2v) is 7.47. The van der Waals surface area contributed by atoms with Gasteiger partial charge in [-0.1, -0.05) is 20.8 Å². The molecular formula is C15H20O2S. The summed E-state index contributed by atoms with van der Waals surface area (Å²) in [6.45, 7) is 6.37. The van der Waals surface area contributed by atoms with Crippen molar-refractivity contribution < 1.29 is 9.53 Å². The minimum Gasteiger partial charge on any atom is -0.490 e. The van der Waals surface area contributed by atoms with Crippen molar-refractivity contribution in [2.24, 2.45) is 0 Å². The maximum atomic E-state index is 12.0. The molecule has 0 N–H and O–H groups in total. The van der Waals surface area contributed by atoms with Crippen molar-refractivity contribution in [1.29, 1.82) is 0 Å². The molecule has 0 spiro atoms. The van der Waals surface area contributed by atoms with Gasteiger partial charge in [0.1, 0.15) is 5.75 Å². The van der Waals surface area contributed by atoms with E-state index in [1.165, 1.54) is 0 Å². The maximum Gasteiger partial charge on any atom is 0.172 e. The third-order valence-corrected chi connectivity index (χ3v) is 3.91.